The van der Waals surface area contributed by atoms with Gasteiger partial charge in [-0.2, -0.15) is 0 Å². The Balaban J connectivity index is 1.94. The molecule has 0 spiro atoms. The summed E-state index contributed by atoms with van der Waals surface area (Å²) in [6.07, 6.45) is 4.37. The minimum Gasteiger partial charge on any atom is -0.379 e. The number of hydrogen-bond acceptors (Lipinski definition) is 9. The summed E-state index contributed by atoms with van der Waals surface area (Å²) in [6.45, 7) is 4.16. The van der Waals surface area contributed by atoms with Gasteiger partial charge in [0, 0.05) is 25.1 Å². The van der Waals surface area contributed by atoms with Gasteiger partial charge in [0.15, 0.2) is 0 Å². The van der Waals surface area contributed by atoms with Gasteiger partial charge >= 0.3 is 0 Å². The van der Waals surface area contributed by atoms with E-state index in [9.17, 15) is 20.2 Å². The number of nitrogens with zero attached hydrogens (tertiary/aromatic N) is 2. The molecule has 32 heavy (non-hydrogen) atoms. The molecule has 0 saturated carbocycles. The molecule has 0 saturated heterocycles. The van der Waals surface area contributed by atoms with Crippen molar-refractivity contribution in [3.05, 3.63) is 38.4 Å². The maximum Gasteiger partial charge on any atom is 0.299 e. The minimum atomic E-state index is -0.675. The molecule has 0 unspecified atom stereocenters. The van der Waals surface area contributed by atoms with Crippen molar-refractivity contribution in [3.63, 3.8) is 0 Å². The van der Waals surface area contributed by atoms with Crippen molar-refractivity contribution in [2.75, 3.05) is 70.6 Å². The Morgan fingerprint density at radius 2 is 1.31 bits per heavy atom. The van der Waals surface area contributed by atoms with Crippen LogP contribution in [0.15, 0.2) is 18.2 Å². The van der Waals surface area contributed by atoms with Gasteiger partial charge in [0.25, 0.3) is 11.4 Å². The Morgan fingerprint density at radius 1 is 0.750 bits per heavy atom. The van der Waals surface area contributed by atoms with Gasteiger partial charge in [0.1, 0.15) is 5.69 Å². The third-order valence-corrected chi connectivity index (χ3v) is 4.51. The second-order valence-corrected chi connectivity index (χ2v) is 7.07. The van der Waals surface area contributed by atoms with Crippen molar-refractivity contribution in [1.29, 1.82) is 0 Å². The predicted octanol–water partition coefficient (Wildman–Crippen LogP) is 3.78. The molecule has 1 aromatic carbocycles. The molecule has 0 bridgehead atoms. The number of non-ortho nitro benzene ring substituents is 1. The summed E-state index contributed by atoms with van der Waals surface area (Å²) >= 11 is 5.62. The zero-order valence-corrected chi connectivity index (χ0v) is 18.9. The number of rotatable bonds is 21. The van der Waals surface area contributed by atoms with Gasteiger partial charge in [0.2, 0.25) is 0 Å². The van der Waals surface area contributed by atoms with Crippen LogP contribution in [0.2, 0.25) is 0 Å². The van der Waals surface area contributed by atoms with Crippen molar-refractivity contribution in [2.24, 2.45) is 0 Å². The minimum absolute atomic E-state index is 0.202. The quantitative estimate of drug-likeness (QED) is 0.121. The number of alkyl halides is 1. The molecule has 0 aromatic heterocycles. The average molecular weight is 478 g/mol. The number of halogens is 1. The van der Waals surface area contributed by atoms with Crippen LogP contribution in [-0.4, -0.2) is 75.1 Å². The highest BCUT2D eigenvalue weighted by atomic mass is 35.5. The second-order valence-electron chi connectivity index (χ2n) is 6.70. The van der Waals surface area contributed by atoms with Crippen molar-refractivity contribution in [2.45, 2.75) is 25.7 Å². The zero-order chi connectivity index (χ0) is 23.4. The summed E-state index contributed by atoms with van der Waals surface area (Å²) in [5.41, 5.74) is -0.482. The van der Waals surface area contributed by atoms with E-state index in [0.29, 0.717) is 52.8 Å². The topological polar surface area (TPSA) is 135 Å². The number of nitro benzene ring substituents is 2. The first kappa shape index (κ1) is 28.0. The fourth-order valence-electron chi connectivity index (χ4n) is 2.61. The fraction of sp³-hybridized carbons (Fsp3) is 0.700. The first-order chi connectivity index (χ1) is 15.6. The molecular formula is C20H32ClN3O8. The molecule has 12 heteroatoms. The highest BCUT2D eigenvalue weighted by Crippen LogP contribution is 2.28. The highest BCUT2D eigenvalue weighted by Gasteiger charge is 2.18. The predicted molar refractivity (Wildman–Crippen MR) is 121 cm³/mol. The molecule has 0 aliphatic heterocycles. The van der Waals surface area contributed by atoms with Crippen LogP contribution in [0.4, 0.5) is 17.1 Å². The van der Waals surface area contributed by atoms with Gasteiger partial charge in [0.05, 0.1) is 62.2 Å². The van der Waals surface area contributed by atoms with Crippen molar-refractivity contribution >= 4 is 28.7 Å². The van der Waals surface area contributed by atoms with Crippen LogP contribution in [0.3, 0.4) is 0 Å². The molecule has 0 amide bonds. The number of nitrogens with one attached hydrogen (secondary N) is 1. The number of unbranched alkanes of at least 4 members (excludes halogenated alkanes) is 3. The molecule has 0 fully saturated rings. The summed E-state index contributed by atoms with van der Waals surface area (Å²) in [5, 5.41) is 24.6. The number of nitro groups is 2. The van der Waals surface area contributed by atoms with E-state index in [1.165, 1.54) is 12.1 Å². The van der Waals surface area contributed by atoms with Crippen LogP contribution < -0.4 is 5.32 Å². The van der Waals surface area contributed by atoms with Gasteiger partial charge < -0.3 is 24.3 Å². The Hall–Kier alpha value is -2.05. The van der Waals surface area contributed by atoms with E-state index < -0.39 is 9.85 Å². The van der Waals surface area contributed by atoms with E-state index in [-0.39, 0.29) is 17.1 Å². The summed E-state index contributed by atoms with van der Waals surface area (Å²) in [7, 11) is 0. The van der Waals surface area contributed by atoms with Crippen LogP contribution in [0.5, 0.6) is 0 Å². The smallest absolute Gasteiger partial charge is 0.299 e. The monoisotopic (exact) mass is 477 g/mol. The molecular weight excluding hydrogens is 446 g/mol. The average Bonchev–Trinajstić information content (AvgIpc) is 2.78. The lowest BCUT2D eigenvalue weighted by atomic mass is 10.2. The van der Waals surface area contributed by atoms with E-state index in [1.54, 1.807) is 0 Å². The molecule has 0 atom stereocenters. The van der Waals surface area contributed by atoms with Crippen molar-refractivity contribution in [1.82, 2.24) is 0 Å². The Bertz CT molecular complexity index is 666. The fourth-order valence-corrected chi connectivity index (χ4v) is 2.79. The maximum absolute atomic E-state index is 11.1. The molecule has 0 aliphatic rings. The Labute approximate surface area is 192 Å². The van der Waals surface area contributed by atoms with E-state index in [4.69, 9.17) is 30.5 Å². The van der Waals surface area contributed by atoms with Gasteiger partial charge in [-0.15, -0.1) is 11.6 Å². The first-order valence-electron chi connectivity index (χ1n) is 10.6. The standard InChI is InChI=1S/C20H32ClN3O8/c21-7-3-1-2-4-9-29-11-13-31-15-16-32-14-12-30-10-8-22-19-6-5-18(23(25)26)17-20(19)24(27)28/h5-6,17,22H,1-4,7-16H2. The lowest BCUT2D eigenvalue weighted by Crippen LogP contribution is -2.15. The Morgan fingerprint density at radius 3 is 1.88 bits per heavy atom. The summed E-state index contributed by atoms with van der Waals surface area (Å²) < 4.78 is 21.7. The number of anilines is 1. The number of hydrogen-bond donors (Lipinski definition) is 1. The van der Waals surface area contributed by atoms with Crippen LogP contribution in [0, 0.1) is 20.2 Å². The lowest BCUT2D eigenvalue weighted by Gasteiger charge is -2.09. The molecule has 1 rings (SSSR count). The largest absolute Gasteiger partial charge is 0.379 e. The summed E-state index contributed by atoms with van der Waals surface area (Å²) in [6, 6.07) is 3.45. The van der Waals surface area contributed by atoms with E-state index in [1.807, 2.05) is 0 Å². The van der Waals surface area contributed by atoms with E-state index >= 15 is 0 Å². The normalized spacial score (nSPS) is 10.9. The molecule has 1 N–H and O–H groups in total. The van der Waals surface area contributed by atoms with Crippen LogP contribution in [0.25, 0.3) is 0 Å². The van der Waals surface area contributed by atoms with Crippen LogP contribution in [0.1, 0.15) is 25.7 Å². The lowest BCUT2D eigenvalue weighted by molar-refractivity contribution is -0.393. The third-order valence-electron chi connectivity index (χ3n) is 4.24. The van der Waals surface area contributed by atoms with Gasteiger partial charge in [-0.3, -0.25) is 20.2 Å². The van der Waals surface area contributed by atoms with Crippen LogP contribution in [-0.2, 0) is 18.9 Å². The third kappa shape index (κ3) is 13.4. The summed E-state index contributed by atoms with van der Waals surface area (Å²) in [5.74, 6) is 0.719. The van der Waals surface area contributed by atoms with Crippen LogP contribution >= 0.6 is 11.6 Å². The summed E-state index contributed by atoms with van der Waals surface area (Å²) in [4.78, 5) is 20.5. The maximum atomic E-state index is 11.1. The molecule has 182 valence electrons. The molecule has 0 heterocycles. The van der Waals surface area contributed by atoms with Crippen molar-refractivity contribution in [3.8, 4) is 0 Å². The van der Waals surface area contributed by atoms with E-state index in [0.717, 1.165) is 44.2 Å². The van der Waals surface area contributed by atoms with Gasteiger partial charge in [-0.05, 0) is 18.9 Å². The molecule has 11 nitrogen and oxygen atoms in total. The molecule has 1 aromatic rings. The zero-order valence-electron chi connectivity index (χ0n) is 18.2. The van der Waals surface area contributed by atoms with E-state index in [2.05, 4.69) is 5.32 Å². The molecule has 0 aliphatic carbocycles. The van der Waals surface area contributed by atoms with Gasteiger partial charge in [-0.1, -0.05) is 12.8 Å². The van der Waals surface area contributed by atoms with Crippen molar-refractivity contribution < 1.29 is 28.8 Å². The second kappa shape index (κ2) is 18.5. The molecule has 0 radical (unpaired) electrons. The number of ether oxygens (including phenoxy) is 4. The van der Waals surface area contributed by atoms with Gasteiger partial charge in [-0.25, -0.2) is 0 Å². The Kier molecular flexibility index (Phi) is 16.2. The first-order valence-corrected chi connectivity index (χ1v) is 11.1. The highest BCUT2D eigenvalue weighted by molar-refractivity contribution is 6.17. The SMILES string of the molecule is O=[N+]([O-])c1ccc(NCCOCCOCCOCCOCCCCCCCl)c([N+](=O)[O-])c1. The number of benzene rings is 1.